The smallest absolute Gasteiger partial charge is 0.331 e. The highest BCUT2D eigenvalue weighted by molar-refractivity contribution is 6.91. The van der Waals surface area contributed by atoms with Crippen LogP contribution in [-0.2, 0) is 4.79 Å². The number of benzene rings is 2. The number of carboxylic acid groups (broad SMARTS) is 1. The number of nitrogens with one attached hydrogen (secondary N) is 1. The minimum Gasteiger partial charge on any atom is -0.478 e. The molecule has 29 heavy (non-hydrogen) atoms. The molecule has 0 atom stereocenters. The summed E-state index contributed by atoms with van der Waals surface area (Å²) in [6.07, 6.45) is 1.60. The van der Waals surface area contributed by atoms with E-state index >= 15 is 0 Å². The van der Waals surface area contributed by atoms with Crippen LogP contribution in [0.1, 0.15) is 22.8 Å². The van der Waals surface area contributed by atoms with Gasteiger partial charge < -0.3 is 10.4 Å². The summed E-state index contributed by atoms with van der Waals surface area (Å²) in [6.45, 7) is 15.3. The molecule has 2 aromatic carbocycles. The lowest BCUT2D eigenvalue weighted by Gasteiger charge is -2.24. The average Bonchev–Trinajstić information content (AvgIpc) is 2.61. The third-order valence-corrected chi connectivity index (χ3v) is 8.86. The second-order valence-electron chi connectivity index (χ2n) is 9.51. The van der Waals surface area contributed by atoms with Crippen LogP contribution in [0.5, 0.6) is 0 Å². The lowest BCUT2D eigenvalue weighted by atomic mass is 10.1. The third-order valence-electron chi connectivity index (χ3n) is 4.82. The van der Waals surface area contributed by atoms with E-state index in [0.29, 0.717) is 11.3 Å². The van der Waals surface area contributed by atoms with Gasteiger partial charge in [0.15, 0.2) is 0 Å². The summed E-state index contributed by atoms with van der Waals surface area (Å²) in [7, 11) is -3.12. The number of carbonyl (C=O) groups excluding carboxylic acids is 1. The molecule has 6 heteroatoms. The van der Waals surface area contributed by atoms with E-state index in [1.54, 1.807) is 37.3 Å². The molecule has 0 radical (unpaired) electrons. The Balaban J connectivity index is 2.31. The Kier molecular flexibility index (Phi) is 6.70. The Morgan fingerprint density at radius 2 is 1.34 bits per heavy atom. The highest BCUT2D eigenvalue weighted by Crippen LogP contribution is 2.15. The molecular formula is C23H31NO3Si2. The fourth-order valence-electron chi connectivity index (χ4n) is 2.80. The Bertz CT molecular complexity index is 917. The van der Waals surface area contributed by atoms with Crippen LogP contribution in [0.2, 0.25) is 39.3 Å². The first-order valence-electron chi connectivity index (χ1n) is 9.76. The van der Waals surface area contributed by atoms with Crippen molar-refractivity contribution in [2.45, 2.75) is 46.2 Å². The molecule has 1 amide bonds. The van der Waals surface area contributed by atoms with Gasteiger partial charge in [-0.15, -0.1) is 0 Å². The van der Waals surface area contributed by atoms with E-state index in [0.717, 1.165) is 5.56 Å². The zero-order valence-electron chi connectivity index (χ0n) is 18.4. The first kappa shape index (κ1) is 22.8. The maximum atomic E-state index is 13.0. The molecular weight excluding hydrogens is 394 g/mol. The summed E-state index contributed by atoms with van der Waals surface area (Å²) in [5, 5.41) is 14.6. The van der Waals surface area contributed by atoms with Crippen LogP contribution < -0.4 is 15.7 Å². The highest BCUT2D eigenvalue weighted by atomic mass is 28.3. The van der Waals surface area contributed by atoms with E-state index in [-0.39, 0.29) is 11.5 Å². The van der Waals surface area contributed by atoms with Crippen LogP contribution in [0.3, 0.4) is 0 Å². The molecule has 0 bridgehead atoms. The first-order chi connectivity index (χ1) is 13.3. The number of hydrogen-bond acceptors (Lipinski definition) is 2. The Morgan fingerprint density at radius 1 is 0.862 bits per heavy atom. The van der Waals surface area contributed by atoms with Gasteiger partial charge in [-0.3, -0.25) is 4.79 Å². The molecule has 0 spiro atoms. The van der Waals surface area contributed by atoms with Crippen LogP contribution in [-0.4, -0.2) is 33.1 Å². The van der Waals surface area contributed by atoms with Gasteiger partial charge in [0, 0.05) is 16.8 Å². The summed E-state index contributed by atoms with van der Waals surface area (Å²) in [4.78, 5) is 23.9. The zero-order valence-corrected chi connectivity index (χ0v) is 20.4. The summed E-state index contributed by atoms with van der Waals surface area (Å²) < 4.78 is 0. The van der Waals surface area contributed by atoms with Crippen LogP contribution in [0.25, 0.3) is 6.08 Å². The number of amides is 1. The minimum atomic E-state index is -1.56. The number of carboxylic acids is 1. The summed E-state index contributed by atoms with van der Waals surface area (Å²) in [6, 6.07) is 13.6. The largest absolute Gasteiger partial charge is 0.478 e. The predicted octanol–water partition coefficient (Wildman–Crippen LogP) is 4.52. The van der Waals surface area contributed by atoms with Gasteiger partial charge in [0.1, 0.15) is 0 Å². The van der Waals surface area contributed by atoms with Crippen molar-refractivity contribution in [2.24, 2.45) is 0 Å². The van der Waals surface area contributed by atoms with E-state index in [4.69, 9.17) is 5.11 Å². The molecule has 0 aliphatic carbocycles. The first-order valence-corrected chi connectivity index (χ1v) is 16.8. The SMILES string of the molecule is C/C(=C\c1ccc(NC(=O)c2cc([Si](C)(C)C)cc([Si](C)(C)C)c2)cc1)C(=O)O. The standard InChI is InChI=1S/C23H31NO3Si2/c1-16(23(26)27)12-17-8-10-19(11-9-17)24-22(25)18-13-20(28(2,3)4)15-21(14-18)29(5,6)7/h8-15H,1-7H3,(H,24,25)(H,26,27)/b16-12+. The molecule has 0 heterocycles. The van der Waals surface area contributed by atoms with Crippen molar-refractivity contribution in [3.8, 4) is 0 Å². The van der Waals surface area contributed by atoms with E-state index < -0.39 is 22.1 Å². The monoisotopic (exact) mass is 425 g/mol. The Labute approximate surface area is 175 Å². The van der Waals surface area contributed by atoms with Gasteiger partial charge >= 0.3 is 5.97 Å². The number of anilines is 1. The van der Waals surface area contributed by atoms with Crippen molar-refractivity contribution in [1.29, 1.82) is 0 Å². The highest BCUT2D eigenvalue weighted by Gasteiger charge is 2.24. The zero-order chi connectivity index (χ0) is 22.0. The average molecular weight is 426 g/mol. The number of carbonyl (C=O) groups is 2. The molecule has 0 saturated heterocycles. The molecule has 2 N–H and O–H groups in total. The Morgan fingerprint density at radius 3 is 1.76 bits per heavy atom. The van der Waals surface area contributed by atoms with E-state index in [9.17, 15) is 9.59 Å². The number of hydrogen-bond donors (Lipinski definition) is 2. The van der Waals surface area contributed by atoms with Crippen molar-refractivity contribution in [1.82, 2.24) is 0 Å². The summed E-state index contributed by atoms with van der Waals surface area (Å²) in [5.74, 6) is -1.06. The van der Waals surface area contributed by atoms with Crippen molar-refractivity contribution in [3.63, 3.8) is 0 Å². The van der Waals surface area contributed by atoms with E-state index in [1.807, 2.05) is 12.1 Å². The molecule has 4 nitrogen and oxygen atoms in total. The lowest BCUT2D eigenvalue weighted by molar-refractivity contribution is -0.132. The van der Waals surface area contributed by atoms with Gasteiger partial charge in [-0.1, -0.05) is 80.0 Å². The topological polar surface area (TPSA) is 66.4 Å². The molecule has 0 aliphatic rings. The quantitative estimate of drug-likeness (QED) is 0.528. The van der Waals surface area contributed by atoms with Gasteiger partial charge in [-0.05, 0) is 30.7 Å². The van der Waals surface area contributed by atoms with Crippen LogP contribution in [0, 0.1) is 0 Å². The van der Waals surface area contributed by atoms with Crippen molar-refractivity contribution in [3.05, 3.63) is 59.2 Å². The second kappa shape index (κ2) is 8.51. The molecule has 154 valence electrons. The lowest BCUT2D eigenvalue weighted by Crippen LogP contribution is -2.46. The minimum absolute atomic E-state index is 0.116. The van der Waals surface area contributed by atoms with Gasteiger partial charge in [-0.25, -0.2) is 4.79 Å². The van der Waals surface area contributed by atoms with Gasteiger partial charge in [0.05, 0.1) is 16.1 Å². The van der Waals surface area contributed by atoms with Crippen LogP contribution in [0.4, 0.5) is 5.69 Å². The van der Waals surface area contributed by atoms with Crippen molar-refractivity contribution >= 4 is 50.2 Å². The summed E-state index contributed by atoms with van der Waals surface area (Å²) >= 11 is 0. The fourth-order valence-corrected chi connectivity index (χ4v) is 5.30. The molecule has 0 aliphatic heterocycles. The predicted molar refractivity (Wildman–Crippen MR) is 128 cm³/mol. The molecule has 0 unspecified atom stereocenters. The fraction of sp³-hybridized carbons (Fsp3) is 0.304. The molecule has 2 rings (SSSR count). The van der Waals surface area contributed by atoms with E-state index in [1.165, 1.54) is 10.4 Å². The third kappa shape index (κ3) is 6.27. The normalized spacial score (nSPS) is 12.6. The maximum Gasteiger partial charge on any atom is 0.331 e. The number of aliphatic carboxylic acids is 1. The van der Waals surface area contributed by atoms with Gasteiger partial charge in [0.25, 0.3) is 5.91 Å². The van der Waals surface area contributed by atoms with Crippen LogP contribution >= 0.6 is 0 Å². The maximum absolute atomic E-state index is 13.0. The summed E-state index contributed by atoms with van der Waals surface area (Å²) in [5.41, 5.74) is 2.44. The van der Waals surface area contributed by atoms with Crippen molar-refractivity contribution < 1.29 is 14.7 Å². The Hall–Kier alpha value is -2.45. The molecule has 0 fully saturated rings. The van der Waals surface area contributed by atoms with E-state index in [2.05, 4.69) is 50.7 Å². The van der Waals surface area contributed by atoms with Crippen molar-refractivity contribution in [2.75, 3.05) is 5.32 Å². The van der Waals surface area contributed by atoms with Gasteiger partial charge in [0.2, 0.25) is 0 Å². The molecule has 0 saturated carbocycles. The van der Waals surface area contributed by atoms with Crippen LogP contribution in [0.15, 0.2) is 48.0 Å². The molecule has 0 aromatic heterocycles. The molecule has 2 aromatic rings. The number of rotatable bonds is 6. The second-order valence-corrected chi connectivity index (χ2v) is 19.7. The van der Waals surface area contributed by atoms with Gasteiger partial charge in [-0.2, -0.15) is 0 Å².